The lowest BCUT2D eigenvalue weighted by atomic mass is 10.00. The number of amides is 1. The van der Waals surface area contributed by atoms with Crippen molar-refractivity contribution >= 4 is 5.91 Å². The molecule has 1 atom stereocenters. The van der Waals surface area contributed by atoms with Crippen LogP contribution < -0.4 is 0 Å². The van der Waals surface area contributed by atoms with Crippen molar-refractivity contribution in [3.63, 3.8) is 0 Å². The van der Waals surface area contributed by atoms with Gasteiger partial charge in [-0.2, -0.15) is 0 Å². The molecule has 4 heteroatoms. The van der Waals surface area contributed by atoms with E-state index in [-0.39, 0.29) is 11.7 Å². The summed E-state index contributed by atoms with van der Waals surface area (Å²) in [6.45, 7) is 3.91. The van der Waals surface area contributed by atoms with Crippen LogP contribution in [0.5, 0.6) is 0 Å². The normalized spacial score (nSPS) is 18.5. The van der Waals surface area contributed by atoms with E-state index in [2.05, 4.69) is 6.92 Å². The Morgan fingerprint density at radius 3 is 2.77 bits per heavy atom. The summed E-state index contributed by atoms with van der Waals surface area (Å²) in [4.78, 5) is 14.5. The van der Waals surface area contributed by atoms with Gasteiger partial charge in [0, 0.05) is 30.7 Å². The van der Waals surface area contributed by atoms with Crippen LogP contribution in [-0.4, -0.2) is 28.5 Å². The largest absolute Gasteiger partial charge is 0.342 e. The number of rotatable bonds is 3. The molecule has 0 N–H and O–H groups in total. The molecule has 1 amide bonds. The van der Waals surface area contributed by atoms with Crippen LogP contribution in [0, 0.1) is 11.7 Å². The minimum Gasteiger partial charge on any atom is -0.342 e. The van der Waals surface area contributed by atoms with Crippen LogP contribution in [0.25, 0.3) is 5.69 Å². The Bertz CT molecular complexity index is 647. The Hall–Kier alpha value is -2.10. The summed E-state index contributed by atoms with van der Waals surface area (Å²) in [5.74, 6) is 0.506. The van der Waals surface area contributed by atoms with Gasteiger partial charge in [-0.25, -0.2) is 4.39 Å². The maximum absolute atomic E-state index is 13.0. The number of hydrogen-bond acceptors (Lipinski definition) is 1. The van der Waals surface area contributed by atoms with E-state index in [0.717, 1.165) is 30.9 Å². The van der Waals surface area contributed by atoms with Gasteiger partial charge in [0.1, 0.15) is 5.82 Å². The van der Waals surface area contributed by atoms with Crippen LogP contribution in [0.15, 0.2) is 42.6 Å². The standard InChI is InChI=1S/C18H21FN2O/c1-14-4-2-10-20(13-14)18(22)12-17-5-3-11-21(17)16-8-6-15(19)7-9-16/h3,5-9,11,14H,2,4,10,12-13H2,1H3/t14-/m0/s1. The smallest absolute Gasteiger partial charge is 0.228 e. The molecule has 0 spiro atoms. The highest BCUT2D eigenvalue weighted by Gasteiger charge is 2.21. The van der Waals surface area contributed by atoms with Crippen molar-refractivity contribution in [3.8, 4) is 5.69 Å². The number of carbonyl (C=O) groups is 1. The maximum Gasteiger partial charge on any atom is 0.228 e. The molecule has 2 heterocycles. The van der Waals surface area contributed by atoms with Crippen LogP contribution in [0.3, 0.4) is 0 Å². The average Bonchev–Trinajstić information content (AvgIpc) is 2.96. The summed E-state index contributed by atoms with van der Waals surface area (Å²) in [6, 6.07) is 10.2. The van der Waals surface area contributed by atoms with Crippen LogP contribution in [0.4, 0.5) is 4.39 Å². The SMILES string of the molecule is C[C@H]1CCCN(C(=O)Cc2cccn2-c2ccc(F)cc2)C1. The zero-order valence-electron chi connectivity index (χ0n) is 12.8. The van der Waals surface area contributed by atoms with Gasteiger partial charge in [-0.05, 0) is 55.2 Å². The van der Waals surface area contributed by atoms with Gasteiger partial charge < -0.3 is 9.47 Å². The van der Waals surface area contributed by atoms with Crippen LogP contribution >= 0.6 is 0 Å². The van der Waals surface area contributed by atoms with E-state index < -0.39 is 0 Å². The van der Waals surface area contributed by atoms with Crippen LogP contribution in [0.1, 0.15) is 25.5 Å². The second-order valence-corrected chi connectivity index (χ2v) is 6.11. The van der Waals surface area contributed by atoms with E-state index in [9.17, 15) is 9.18 Å². The van der Waals surface area contributed by atoms with Crippen molar-refractivity contribution in [1.29, 1.82) is 0 Å². The first-order valence-corrected chi connectivity index (χ1v) is 7.83. The number of nitrogens with zero attached hydrogens (tertiary/aromatic N) is 2. The first-order chi connectivity index (χ1) is 10.6. The maximum atomic E-state index is 13.0. The molecule has 2 aromatic rings. The predicted octanol–water partition coefficient (Wildman–Crippen LogP) is 3.42. The molecule has 0 saturated carbocycles. The van der Waals surface area contributed by atoms with Crippen molar-refractivity contribution in [3.05, 3.63) is 54.1 Å². The Kier molecular flexibility index (Phi) is 4.27. The number of benzene rings is 1. The number of hydrogen-bond donors (Lipinski definition) is 0. The Morgan fingerprint density at radius 1 is 1.27 bits per heavy atom. The molecule has 116 valence electrons. The van der Waals surface area contributed by atoms with Gasteiger partial charge in [0.2, 0.25) is 5.91 Å². The zero-order chi connectivity index (χ0) is 15.5. The highest BCUT2D eigenvalue weighted by molar-refractivity contribution is 5.78. The third kappa shape index (κ3) is 3.21. The number of piperidine rings is 1. The van der Waals surface area contributed by atoms with Gasteiger partial charge >= 0.3 is 0 Å². The third-order valence-corrected chi connectivity index (χ3v) is 4.28. The number of likely N-dealkylation sites (tertiary alicyclic amines) is 1. The fraction of sp³-hybridized carbons (Fsp3) is 0.389. The van der Waals surface area contributed by atoms with Gasteiger partial charge in [-0.1, -0.05) is 6.92 Å². The van der Waals surface area contributed by atoms with E-state index >= 15 is 0 Å². The molecule has 0 aliphatic carbocycles. The quantitative estimate of drug-likeness (QED) is 0.852. The second kappa shape index (κ2) is 6.34. The topological polar surface area (TPSA) is 25.2 Å². The van der Waals surface area contributed by atoms with Gasteiger partial charge in [-0.15, -0.1) is 0 Å². The lowest BCUT2D eigenvalue weighted by Crippen LogP contribution is -2.40. The van der Waals surface area contributed by atoms with Gasteiger partial charge in [0.15, 0.2) is 0 Å². The van der Waals surface area contributed by atoms with Gasteiger partial charge in [0.25, 0.3) is 0 Å². The van der Waals surface area contributed by atoms with Crippen molar-refractivity contribution < 1.29 is 9.18 Å². The number of carbonyl (C=O) groups excluding carboxylic acids is 1. The molecule has 22 heavy (non-hydrogen) atoms. The van der Waals surface area contributed by atoms with E-state index in [4.69, 9.17) is 0 Å². The molecule has 1 aromatic heterocycles. The van der Waals surface area contributed by atoms with Crippen molar-refractivity contribution in [2.45, 2.75) is 26.2 Å². The van der Waals surface area contributed by atoms with Crippen molar-refractivity contribution in [1.82, 2.24) is 9.47 Å². The average molecular weight is 300 g/mol. The van der Waals surface area contributed by atoms with Gasteiger partial charge in [-0.3, -0.25) is 4.79 Å². The van der Waals surface area contributed by atoms with E-state index in [0.29, 0.717) is 12.3 Å². The van der Waals surface area contributed by atoms with Gasteiger partial charge in [0.05, 0.1) is 6.42 Å². The minimum atomic E-state index is -0.254. The lowest BCUT2D eigenvalue weighted by molar-refractivity contribution is -0.132. The molecule has 3 rings (SSSR count). The Balaban J connectivity index is 1.74. The minimum absolute atomic E-state index is 0.175. The fourth-order valence-electron chi connectivity index (χ4n) is 3.10. The molecule has 1 saturated heterocycles. The molecule has 1 fully saturated rings. The predicted molar refractivity (Wildman–Crippen MR) is 84.4 cm³/mol. The van der Waals surface area contributed by atoms with Crippen molar-refractivity contribution in [2.75, 3.05) is 13.1 Å². The molecule has 1 aromatic carbocycles. The van der Waals surface area contributed by atoms with Crippen LogP contribution in [0.2, 0.25) is 0 Å². The van der Waals surface area contributed by atoms with Crippen LogP contribution in [-0.2, 0) is 11.2 Å². The number of halogens is 1. The summed E-state index contributed by atoms with van der Waals surface area (Å²) in [7, 11) is 0. The molecule has 1 aliphatic rings. The second-order valence-electron chi connectivity index (χ2n) is 6.11. The lowest BCUT2D eigenvalue weighted by Gasteiger charge is -2.31. The highest BCUT2D eigenvalue weighted by atomic mass is 19.1. The third-order valence-electron chi connectivity index (χ3n) is 4.28. The summed E-state index contributed by atoms with van der Waals surface area (Å²) in [6.07, 6.45) is 4.59. The summed E-state index contributed by atoms with van der Waals surface area (Å²) < 4.78 is 15.0. The zero-order valence-corrected chi connectivity index (χ0v) is 12.8. The highest BCUT2D eigenvalue weighted by Crippen LogP contribution is 2.18. The summed E-state index contributed by atoms with van der Waals surface area (Å²) in [5.41, 5.74) is 1.82. The van der Waals surface area contributed by atoms with E-state index in [1.54, 1.807) is 12.1 Å². The molecular formula is C18H21FN2O. The Labute approximate surface area is 130 Å². The molecule has 0 bridgehead atoms. The molecule has 0 unspecified atom stereocenters. The Morgan fingerprint density at radius 2 is 2.05 bits per heavy atom. The van der Waals surface area contributed by atoms with E-state index in [1.165, 1.54) is 18.6 Å². The van der Waals surface area contributed by atoms with E-state index in [1.807, 2.05) is 27.8 Å². The molecule has 1 aliphatic heterocycles. The molecule has 3 nitrogen and oxygen atoms in total. The fourth-order valence-corrected chi connectivity index (χ4v) is 3.10. The summed E-state index contributed by atoms with van der Waals surface area (Å²) >= 11 is 0. The monoisotopic (exact) mass is 300 g/mol. The molecule has 0 radical (unpaired) electrons. The molecular weight excluding hydrogens is 279 g/mol. The first kappa shape index (κ1) is 14.8. The summed E-state index contributed by atoms with van der Waals surface area (Å²) in [5, 5.41) is 0. The number of aromatic nitrogens is 1. The first-order valence-electron chi connectivity index (χ1n) is 7.83. The van der Waals surface area contributed by atoms with Crippen molar-refractivity contribution in [2.24, 2.45) is 5.92 Å².